The van der Waals surface area contributed by atoms with E-state index in [4.69, 9.17) is 11.0 Å². The van der Waals surface area contributed by atoms with Gasteiger partial charge in [-0.1, -0.05) is 19.1 Å². The number of anilines is 2. The number of aromatic nitrogens is 1. The molecule has 0 amide bonds. The molecule has 0 unspecified atom stereocenters. The molecule has 0 atom stereocenters. The van der Waals surface area contributed by atoms with Crippen LogP contribution in [0.25, 0.3) is 22.0 Å². The first-order valence-electron chi connectivity index (χ1n) is 8.23. The summed E-state index contributed by atoms with van der Waals surface area (Å²) < 4.78 is 27.6. The van der Waals surface area contributed by atoms with Crippen LogP contribution < -0.4 is 10.5 Å². The average Bonchev–Trinajstić information content (AvgIpc) is 2.92. The Morgan fingerprint density at radius 2 is 2.00 bits per heavy atom. The van der Waals surface area contributed by atoms with Crippen molar-refractivity contribution < 1.29 is 8.42 Å². The molecule has 0 aliphatic rings. The summed E-state index contributed by atoms with van der Waals surface area (Å²) in [5, 5.41) is 10.1. The molecular formula is C19H20N4O2S. The van der Waals surface area contributed by atoms with Gasteiger partial charge in [0.15, 0.2) is 0 Å². The van der Waals surface area contributed by atoms with Crippen molar-refractivity contribution in [3.05, 3.63) is 48.2 Å². The number of nitriles is 1. The summed E-state index contributed by atoms with van der Waals surface area (Å²) in [6, 6.07) is 12.9. The maximum absolute atomic E-state index is 11.5. The van der Waals surface area contributed by atoms with Crippen LogP contribution in [-0.4, -0.2) is 19.2 Å². The van der Waals surface area contributed by atoms with E-state index in [0.29, 0.717) is 16.9 Å². The maximum atomic E-state index is 11.5. The Kier molecular flexibility index (Phi) is 4.62. The van der Waals surface area contributed by atoms with Crippen molar-refractivity contribution in [1.29, 1.82) is 5.26 Å². The molecule has 0 fully saturated rings. The number of hydrogen-bond acceptors (Lipinski definition) is 4. The monoisotopic (exact) mass is 368 g/mol. The van der Waals surface area contributed by atoms with E-state index in [1.165, 1.54) is 0 Å². The molecule has 3 aromatic rings. The Hall–Kier alpha value is -2.98. The van der Waals surface area contributed by atoms with Crippen molar-refractivity contribution in [2.45, 2.75) is 19.9 Å². The van der Waals surface area contributed by atoms with Crippen LogP contribution in [0, 0.1) is 11.3 Å². The summed E-state index contributed by atoms with van der Waals surface area (Å²) in [6.45, 7) is 2.90. The van der Waals surface area contributed by atoms with Gasteiger partial charge in [-0.2, -0.15) is 5.26 Å². The fraction of sp³-hybridized carbons (Fsp3) is 0.211. The largest absolute Gasteiger partial charge is 0.398 e. The molecule has 0 aliphatic carbocycles. The van der Waals surface area contributed by atoms with Gasteiger partial charge in [-0.15, -0.1) is 0 Å². The number of benzene rings is 2. The standard InChI is InChI=1S/C19H20N4O2S/c1-3-8-23-12-17(13-4-5-14(11-20)18(21)9-13)16-7-6-15(10-19(16)23)22-26(2,24)25/h4-7,9-10,12,22H,3,8,21H2,1-2H3. The lowest BCUT2D eigenvalue weighted by atomic mass is 10.0. The third-order valence-corrected chi connectivity index (χ3v) is 4.74. The lowest BCUT2D eigenvalue weighted by Gasteiger charge is -2.07. The van der Waals surface area contributed by atoms with Crippen molar-refractivity contribution in [2.75, 3.05) is 16.7 Å². The smallest absolute Gasteiger partial charge is 0.229 e. The Morgan fingerprint density at radius 3 is 2.62 bits per heavy atom. The summed E-state index contributed by atoms with van der Waals surface area (Å²) in [5.41, 5.74) is 10.2. The highest BCUT2D eigenvalue weighted by Crippen LogP contribution is 2.34. The third kappa shape index (κ3) is 3.51. The zero-order valence-corrected chi connectivity index (χ0v) is 15.5. The minimum atomic E-state index is -3.34. The van der Waals surface area contributed by atoms with Crippen LogP contribution in [0.3, 0.4) is 0 Å². The number of nitrogen functional groups attached to an aromatic ring is 1. The van der Waals surface area contributed by atoms with E-state index in [2.05, 4.69) is 22.3 Å². The molecular weight excluding hydrogens is 348 g/mol. The van der Waals surface area contributed by atoms with Gasteiger partial charge in [-0.3, -0.25) is 4.72 Å². The number of nitrogens with two attached hydrogens (primary N) is 1. The lowest BCUT2D eigenvalue weighted by molar-refractivity contribution is 0.607. The van der Waals surface area contributed by atoms with Gasteiger partial charge >= 0.3 is 0 Å². The number of rotatable bonds is 5. The lowest BCUT2D eigenvalue weighted by Crippen LogP contribution is -2.09. The number of nitrogens with zero attached hydrogens (tertiary/aromatic N) is 2. The maximum Gasteiger partial charge on any atom is 0.229 e. The predicted octanol–water partition coefficient (Wildman–Crippen LogP) is 3.54. The van der Waals surface area contributed by atoms with E-state index in [-0.39, 0.29) is 0 Å². The van der Waals surface area contributed by atoms with Gasteiger partial charge in [0, 0.05) is 23.7 Å². The zero-order valence-electron chi connectivity index (χ0n) is 14.7. The quantitative estimate of drug-likeness (QED) is 0.673. The molecule has 7 heteroatoms. The minimum absolute atomic E-state index is 0.441. The van der Waals surface area contributed by atoms with E-state index < -0.39 is 10.0 Å². The van der Waals surface area contributed by atoms with Crippen molar-refractivity contribution in [2.24, 2.45) is 0 Å². The summed E-state index contributed by atoms with van der Waals surface area (Å²) in [6.07, 6.45) is 4.12. The van der Waals surface area contributed by atoms with Crippen molar-refractivity contribution >= 4 is 32.3 Å². The minimum Gasteiger partial charge on any atom is -0.398 e. The number of hydrogen-bond donors (Lipinski definition) is 2. The van der Waals surface area contributed by atoms with Gasteiger partial charge in [-0.05, 0) is 36.2 Å². The molecule has 1 heterocycles. The molecule has 6 nitrogen and oxygen atoms in total. The number of nitrogens with one attached hydrogen (secondary N) is 1. The van der Waals surface area contributed by atoms with E-state index >= 15 is 0 Å². The molecule has 0 bridgehead atoms. The molecule has 2 aromatic carbocycles. The molecule has 0 saturated heterocycles. The summed E-state index contributed by atoms with van der Waals surface area (Å²) >= 11 is 0. The number of sulfonamides is 1. The van der Waals surface area contributed by atoms with E-state index in [1.54, 1.807) is 18.2 Å². The van der Waals surface area contributed by atoms with Crippen LogP contribution in [-0.2, 0) is 16.6 Å². The Balaban J connectivity index is 2.18. The molecule has 3 rings (SSSR count). The van der Waals surface area contributed by atoms with Crippen LogP contribution in [0.5, 0.6) is 0 Å². The second-order valence-corrected chi connectivity index (χ2v) is 8.00. The van der Waals surface area contributed by atoms with Crippen LogP contribution in [0.4, 0.5) is 11.4 Å². The molecule has 0 radical (unpaired) electrons. The Morgan fingerprint density at radius 1 is 1.23 bits per heavy atom. The van der Waals surface area contributed by atoms with Crippen LogP contribution in [0.15, 0.2) is 42.6 Å². The molecule has 0 aliphatic heterocycles. The Bertz CT molecular complexity index is 1120. The van der Waals surface area contributed by atoms with Crippen molar-refractivity contribution in [1.82, 2.24) is 4.57 Å². The highest BCUT2D eigenvalue weighted by molar-refractivity contribution is 7.92. The molecule has 0 spiro atoms. The topological polar surface area (TPSA) is 101 Å². The molecule has 3 N–H and O–H groups in total. The van der Waals surface area contributed by atoms with Gasteiger partial charge < -0.3 is 10.3 Å². The van der Waals surface area contributed by atoms with E-state index in [1.807, 2.05) is 24.4 Å². The van der Waals surface area contributed by atoms with Gasteiger partial charge in [0.1, 0.15) is 6.07 Å². The molecule has 0 saturated carbocycles. The summed E-state index contributed by atoms with van der Waals surface area (Å²) in [4.78, 5) is 0. The van der Waals surface area contributed by atoms with Crippen molar-refractivity contribution in [3.63, 3.8) is 0 Å². The first kappa shape index (κ1) is 17.8. The van der Waals surface area contributed by atoms with Crippen LogP contribution in [0.1, 0.15) is 18.9 Å². The average molecular weight is 368 g/mol. The fourth-order valence-corrected chi connectivity index (χ4v) is 3.61. The van der Waals surface area contributed by atoms with E-state index in [9.17, 15) is 8.42 Å². The summed E-state index contributed by atoms with van der Waals surface area (Å²) in [5.74, 6) is 0. The first-order chi connectivity index (χ1) is 12.3. The highest BCUT2D eigenvalue weighted by atomic mass is 32.2. The fourth-order valence-electron chi connectivity index (χ4n) is 3.06. The van der Waals surface area contributed by atoms with Gasteiger partial charge in [-0.25, -0.2) is 8.42 Å². The van der Waals surface area contributed by atoms with E-state index in [0.717, 1.165) is 41.3 Å². The molecule has 26 heavy (non-hydrogen) atoms. The SMILES string of the molecule is CCCn1cc(-c2ccc(C#N)c(N)c2)c2ccc(NS(C)(=O)=O)cc21. The highest BCUT2D eigenvalue weighted by Gasteiger charge is 2.13. The normalized spacial score (nSPS) is 11.4. The second kappa shape index (κ2) is 6.73. The molecule has 1 aromatic heterocycles. The second-order valence-electron chi connectivity index (χ2n) is 6.26. The van der Waals surface area contributed by atoms with Crippen LogP contribution in [0.2, 0.25) is 0 Å². The van der Waals surface area contributed by atoms with Gasteiger partial charge in [0.2, 0.25) is 10.0 Å². The van der Waals surface area contributed by atoms with Crippen molar-refractivity contribution in [3.8, 4) is 17.2 Å². The Labute approximate surface area is 152 Å². The number of fused-ring (bicyclic) bond motifs is 1. The summed E-state index contributed by atoms with van der Waals surface area (Å²) in [7, 11) is -3.34. The van der Waals surface area contributed by atoms with Crippen LogP contribution >= 0.6 is 0 Å². The molecule has 134 valence electrons. The number of aryl methyl sites for hydroxylation is 1. The van der Waals surface area contributed by atoms with Gasteiger partial charge in [0.05, 0.1) is 28.7 Å². The van der Waals surface area contributed by atoms with Gasteiger partial charge in [0.25, 0.3) is 0 Å². The predicted molar refractivity (Wildman–Crippen MR) is 105 cm³/mol. The zero-order chi connectivity index (χ0) is 18.9. The first-order valence-corrected chi connectivity index (χ1v) is 10.1. The third-order valence-electron chi connectivity index (χ3n) is 4.13.